The molecule has 2 aromatic rings. The van der Waals surface area contributed by atoms with Crippen molar-refractivity contribution in [3.05, 3.63) is 45.9 Å². The Morgan fingerprint density at radius 2 is 2.14 bits per heavy atom. The normalized spacial score (nSPS) is 10.5. The maximum atomic E-state index is 12.9. The number of carbonyl (C=O) groups excluding carboxylic acids is 2. The van der Waals surface area contributed by atoms with Gasteiger partial charge in [-0.15, -0.1) is 0 Å². The topological polar surface area (TPSA) is 87.2 Å². The molecular formula is C14H13ClFN3O3. The minimum Gasteiger partial charge on any atom is -0.454 e. The van der Waals surface area contributed by atoms with E-state index in [1.54, 1.807) is 14.0 Å². The Morgan fingerprint density at radius 3 is 2.68 bits per heavy atom. The molecule has 2 N–H and O–H groups in total. The van der Waals surface area contributed by atoms with Gasteiger partial charge in [-0.2, -0.15) is 5.10 Å². The SMILES string of the molecule is Cc1nn(C)c(N)c1C(=O)OCC(=O)c1ccc(F)cc1Cl. The van der Waals surface area contributed by atoms with Crippen molar-refractivity contribution in [2.45, 2.75) is 6.92 Å². The lowest BCUT2D eigenvalue weighted by molar-refractivity contribution is 0.0475. The third-order valence-electron chi connectivity index (χ3n) is 3.04. The zero-order valence-corrected chi connectivity index (χ0v) is 12.6. The molecule has 1 heterocycles. The fourth-order valence-electron chi connectivity index (χ4n) is 1.92. The number of benzene rings is 1. The summed E-state index contributed by atoms with van der Waals surface area (Å²) in [4.78, 5) is 23.9. The van der Waals surface area contributed by atoms with Gasteiger partial charge in [-0.05, 0) is 25.1 Å². The average molecular weight is 326 g/mol. The molecule has 8 heteroatoms. The molecule has 0 saturated heterocycles. The molecule has 0 spiro atoms. The second-order valence-electron chi connectivity index (χ2n) is 4.59. The van der Waals surface area contributed by atoms with Gasteiger partial charge in [-0.3, -0.25) is 9.48 Å². The van der Waals surface area contributed by atoms with Crippen molar-refractivity contribution in [3.63, 3.8) is 0 Å². The molecule has 6 nitrogen and oxygen atoms in total. The lowest BCUT2D eigenvalue weighted by Crippen LogP contribution is -2.16. The van der Waals surface area contributed by atoms with Gasteiger partial charge in [0, 0.05) is 12.6 Å². The van der Waals surface area contributed by atoms with E-state index in [0.29, 0.717) is 5.69 Å². The van der Waals surface area contributed by atoms with Crippen LogP contribution in [0.1, 0.15) is 26.4 Å². The number of halogens is 2. The largest absolute Gasteiger partial charge is 0.454 e. The van der Waals surface area contributed by atoms with E-state index in [2.05, 4.69) is 5.10 Å². The molecule has 0 radical (unpaired) electrons. The van der Waals surface area contributed by atoms with E-state index in [1.165, 1.54) is 10.7 Å². The zero-order chi connectivity index (χ0) is 16.4. The molecular weight excluding hydrogens is 313 g/mol. The first-order valence-electron chi connectivity index (χ1n) is 6.25. The first kappa shape index (κ1) is 16.0. The highest BCUT2D eigenvalue weighted by atomic mass is 35.5. The molecule has 0 aliphatic carbocycles. The number of aryl methyl sites for hydroxylation is 2. The summed E-state index contributed by atoms with van der Waals surface area (Å²) in [5.74, 6) is -1.71. The van der Waals surface area contributed by atoms with Crippen LogP contribution in [0.25, 0.3) is 0 Å². The lowest BCUT2D eigenvalue weighted by atomic mass is 10.1. The number of anilines is 1. The Labute approximate surface area is 130 Å². The number of hydrogen-bond donors (Lipinski definition) is 1. The van der Waals surface area contributed by atoms with Crippen molar-refractivity contribution in [1.29, 1.82) is 0 Å². The molecule has 1 aromatic heterocycles. The van der Waals surface area contributed by atoms with E-state index in [1.807, 2.05) is 0 Å². The molecule has 0 aliphatic rings. The van der Waals surface area contributed by atoms with Crippen molar-refractivity contribution in [1.82, 2.24) is 9.78 Å². The summed E-state index contributed by atoms with van der Waals surface area (Å²) >= 11 is 5.78. The van der Waals surface area contributed by atoms with E-state index in [-0.39, 0.29) is 22.0 Å². The van der Waals surface area contributed by atoms with Crippen molar-refractivity contribution >= 4 is 29.2 Å². The van der Waals surface area contributed by atoms with Crippen molar-refractivity contribution in [3.8, 4) is 0 Å². The number of nitrogens with zero attached hydrogens (tertiary/aromatic N) is 2. The van der Waals surface area contributed by atoms with Gasteiger partial charge in [0.05, 0.1) is 10.7 Å². The standard InChI is InChI=1S/C14H13ClFN3O3/c1-7-12(13(17)19(2)18-7)14(21)22-6-11(20)9-4-3-8(16)5-10(9)15/h3-5H,6,17H2,1-2H3. The molecule has 0 bridgehead atoms. The van der Waals surface area contributed by atoms with E-state index in [4.69, 9.17) is 22.1 Å². The highest BCUT2D eigenvalue weighted by Gasteiger charge is 2.21. The van der Waals surface area contributed by atoms with Gasteiger partial charge in [-0.25, -0.2) is 9.18 Å². The Hall–Kier alpha value is -2.41. The number of esters is 1. The van der Waals surface area contributed by atoms with Crippen LogP contribution < -0.4 is 5.73 Å². The molecule has 0 atom stereocenters. The third kappa shape index (κ3) is 3.09. The predicted octanol–water partition coefficient (Wildman–Crippen LogP) is 2.14. The van der Waals surface area contributed by atoms with Crippen LogP contribution in [-0.2, 0) is 11.8 Å². The Balaban J connectivity index is 2.09. The van der Waals surface area contributed by atoms with Gasteiger partial charge in [-0.1, -0.05) is 11.6 Å². The Bertz CT molecular complexity index is 758. The van der Waals surface area contributed by atoms with Gasteiger partial charge in [0.1, 0.15) is 17.2 Å². The van der Waals surface area contributed by atoms with E-state index in [9.17, 15) is 14.0 Å². The Kier molecular flexibility index (Phi) is 4.46. The quantitative estimate of drug-likeness (QED) is 0.687. The number of Topliss-reactive ketones (excluding diaryl/α,β-unsaturated/α-hetero) is 1. The monoisotopic (exact) mass is 325 g/mol. The number of ether oxygens (including phenoxy) is 1. The van der Waals surface area contributed by atoms with Gasteiger partial charge in [0.15, 0.2) is 6.61 Å². The second-order valence-corrected chi connectivity index (χ2v) is 5.00. The van der Waals surface area contributed by atoms with Crippen LogP contribution in [0.4, 0.5) is 10.2 Å². The van der Waals surface area contributed by atoms with E-state index < -0.39 is 24.2 Å². The van der Waals surface area contributed by atoms with Gasteiger partial charge < -0.3 is 10.5 Å². The third-order valence-corrected chi connectivity index (χ3v) is 3.35. The molecule has 2 rings (SSSR count). The molecule has 116 valence electrons. The summed E-state index contributed by atoms with van der Waals surface area (Å²) < 4.78 is 19.2. The van der Waals surface area contributed by atoms with Crippen LogP contribution in [0.2, 0.25) is 5.02 Å². The number of nitrogens with two attached hydrogens (primary N) is 1. The minimum atomic E-state index is -0.755. The number of hydrogen-bond acceptors (Lipinski definition) is 5. The highest BCUT2D eigenvalue weighted by molar-refractivity contribution is 6.34. The number of nitrogen functional groups attached to an aromatic ring is 1. The summed E-state index contributed by atoms with van der Waals surface area (Å²) in [5, 5.41) is 3.94. The molecule has 1 aromatic carbocycles. The Morgan fingerprint density at radius 1 is 1.45 bits per heavy atom. The van der Waals surface area contributed by atoms with Crippen LogP contribution in [0, 0.1) is 12.7 Å². The summed E-state index contributed by atoms with van der Waals surface area (Å²) in [6.45, 7) is 1.07. The second kappa shape index (κ2) is 6.15. The van der Waals surface area contributed by atoms with Gasteiger partial charge >= 0.3 is 5.97 Å². The van der Waals surface area contributed by atoms with Crippen molar-refractivity contribution in [2.75, 3.05) is 12.3 Å². The number of rotatable bonds is 4. The lowest BCUT2D eigenvalue weighted by Gasteiger charge is -2.06. The van der Waals surface area contributed by atoms with Crippen molar-refractivity contribution < 1.29 is 18.7 Å². The molecule has 0 fully saturated rings. The van der Waals surface area contributed by atoms with Gasteiger partial charge in [0.2, 0.25) is 5.78 Å². The molecule has 0 aliphatic heterocycles. The smallest absolute Gasteiger partial charge is 0.344 e. The summed E-state index contributed by atoms with van der Waals surface area (Å²) in [5.41, 5.74) is 6.30. The predicted molar refractivity (Wildman–Crippen MR) is 78.4 cm³/mol. The first-order chi connectivity index (χ1) is 10.3. The summed E-state index contributed by atoms with van der Waals surface area (Å²) in [6, 6.07) is 3.35. The number of carbonyl (C=O) groups is 2. The van der Waals surface area contributed by atoms with Crippen LogP contribution in [0.3, 0.4) is 0 Å². The summed E-state index contributed by atoms with van der Waals surface area (Å²) in [7, 11) is 1.59. The van der Waals surface area contributed by atoms with Crippen LogP contribution in [0.5, 0.6) is 0 Å². The van der Waals surface area contributed by atoms with Crippen molar-refractivity contribution in [2.24, 2.45) is 7.05 Å². The van der Waals surface area contributed by atoms with Crippen LogP contribution in [0.15, 0.2) is 18.2 Å². The molecule has 0 unspecified atom stereocenters. The summed E-state index contributed by atoms with van der Waals surface area (Å²) in [6.07, 6.45) is 0. The van der Waals surface area contributed by atoms with E-state index in [0.717, 1.165) is 12.1 Å². The fraction of sp³-hybridized carbons (Fsp3) is 0.214. The molecule has 22 heavy (non-hydrogen) atoms. The van der Waals surface area contributed by atoms with Crippen LogP contribution >= 0.6 is 11.6 Å². The maximum absolute atomic E-state index is 12.9. The van der Waals surface area contributed by atoms with E-state index >= 15 is 0 Å². The van der Waals surface area contributed by atoms with Gasteiger partial charge in [0.25, 0.3) is 0 Å². The van der Waals surface area contributed by atoms with Crippen LogP contribution in [-0.4, -0.2) is 28.1 Å². The fourth-order valence-corrected chi connectivity index (χ4v) is 2.20. The number of aromatic nitrogens is 2. The molecule has 0 amide bonds. The average Bonchev–Trinajstić information content (AvgIpc) is 2.69. The maximum Gasteiger partial charge on any atom is 0.344 e. The zero-order valence-electron chi connectivity index (χ0n) is 11.9. The minimum absolute atomic E-state index is 0.0434. The number of ketones is 1. The molecule has 0 saturated carbocycles. The highest BCUT2D eigenvalue weighted by Crippen LogP contribution is 2.19. The first-order valence-corrected chi connectivity index (χ1v) is 6.63.